The first-order valence-electron chi connectivity index (χ1n) is 40.2. The van der Waals surface area contributed by atoms with Gasteiger partial charge < -0.3 is 78.0 Å². The largest absolute Gasteiger partial charge is 0.495 e. The first kappa shape index (κ1) is 86.4. The SMILES string of the molecule is BrCCOCCBr.COc1cncc2c1[C@]1(O)[C@@H](CN3CCOCC3)[C@H](CO)[C@@H](c3ccccc3)[C@]1(c1ccc(Br)cc1)O2.COc1cncc2c1[C@]1(O)[C@@H](CN3CCOCC3)[C@H](CO)[C@@H](c3ccccc3)[C@]1(c1ccc(Br)cc1)O2.COc1cncc2c1[C@]1(O)[C@@H](CN3CCOCC3)[C@H](CO)[C@@H](c3ccccc3)[C@]1(c1ccc(Br)cc1)O2. The molecule has 118 heavy (non-hydrogen) atoms. The van der Waals surface area contributed by atoms with Crippen LogP contribution < -0.4 is 28.4 Å². The molecule has 22 nitrogen and oxygen atoms in total. The fraction of sp³-hybridized carbons (Fsp3) is 0.440. The fourth-order valence-electron chi connectivity index (χ4n) is 21.0. The van der Waals surface area contributed by atoms with Crippen LogP contribution in [0.3, 0.4) is 0 Å². The van der Waals surface area contributed by atoms with Crippen LogP contribution in [0, 0.1) is 35.5 Å². The zero-order valence-corrected chi connectivity index (χ0v) is 74.1. The van der Waals surface area contributed by atoms with Crippen LogP contribution in [0.1, 0.15) is 67.8 Å². The highest BCUT2D eigenvalue weighted by Crippen LogP contribution is 2.75. The van der Waals surface area contributed by atoms with E-state index in [0.717, 1.165) is 110 Å². The maximum absolute atomic E-state index is 13.3. The number of rotatable bonds is 22. The van der Waals surface area contributed by atoms with Gasteiger partial charge in [0.15, 0.2) is 16.8 Å². The lowest BCUT2D eigenvalue weighted by molar-refractivity contribution is -0.135. The monoisotopic (exact) mass is 1930 g/mol. The van der Waals surface area contributed by atoms with Crippen LogP contribution in [-0.2, 0) is 52.6 Å². The van der Waals surface area contributed by atoms with Gasteiger partial charge in [0.2, 0.25) is 0 Å². The second-order valence-corrected chi connectivity index (χ2v) is 35.6. The zero-order valence-electron chi connectivity index (χ0n) is 66.1. The number of methoxy groups -OCH3 is 3. The molecule has 3 aliphatic carbocycles. The summed E-state index contributed by atoms with van der Waals surface area (Å²) < 4.78 is 62.8. The molecule has 6 fully saturated rings. The zero-order chi connectivity index (χ0) is 82.4. The average molecular weight is 1930 g/mol. The van der Waals surface area contributed by atoms with E-state index >= 15 is 0 Å². The molecule has 0 unspecified atom stereocenters. The number of benzene rings is 6. The van der Waals surface area contributed by atoms with Gasteiger partial charge in [-0.2, -0.15) is 0 Å². The molecule has 3 saturated carbocycles. The number of alkyl halides is 2. The first-order chi connectivity index (χ1) is 57.5. The number of pyridine rings is 3. The molecular formula is C91H101Br5N6O16. The third-order valence-electron chi connectivity index (χ3n) is 25.7. The number of nitrogens with zero attached hydrogens (tertiary/aromatic N) is 6. The maximum Gasteiger partial charge on any atom is 0.174 e. The summed E-state index contributed by atoms with van der Waals surface area (Å²) in [6, 6.07) is 54.1. The van der Waals surface area contributed by atoms with Crippen molar-refractivity contribution >= 4 is 79.6 Å². The van der Waals surface area contributed by atoms with E-state index in [1.165, 1.54) is 0 Å². The second kappa shape index (κ2) is 37.7. The molecule has 6 aliphatic heterocycles. The molecular weight excluding hydrogens is 1830 g/mol. The van der Waals surface area contributed by atoms with Crippen LogP contribution in [0.15, 0.2) is 214 Å². The minimum Gasteiger partial charge on any atom is -0.495 e. The van der Waals surface area contributed by atoms with Gasteiger partial charge in [0, 0.05) is 156 Å². The Morgan fingerprint density at radius 1 is 0.373 bits per heavy atom. The summed E-state index contributed by atoms with van der Waals surface area (Å²) in [4.78, 5) is 20.0. The van der Waals surface area contributed by atoms with Gasteiger partial charge in [0.25, 0.3) is 0 Å². The predicted octanol–water partition coefficient (Wildman–Crippen LogP) is 12.8. The van der Waals surface area contributed by atoms with Gasteiger partial charge in [-0.05, 0) is 69.8 Å². The van der Waals surface area contributed by atoms with E-state index in [1.807, 2.05) is 127 Å². The Morgan fingerprint density at radius 3 is 0.856 bits per heavy atom. The number of hydrogen-bond donors (Lipinski definition) is 6. The molecule has 6 aromatic carbocycles. The van der Waals surface area contributed by atoms with Crippen LogP contribution in [0.5, 0.6) is 34.5 Å². The fourth-order valence-corrected chi connectivity index (χ4v) is 22.3. The molecule has 0 radical (unpaired) electrons. The van der Waals surface area contributed by atoms with Crippen molar-refractivity contribution in [3.8, 4) is 34.5 Å². The molecule has 3 aromatic heterocycles. The van der Waals surface area contributed by atoms with Crippen molar-refractivity contribution in [3.05, 3.63) is 264 Å². The summed E-state index contributed by atoms with van der Waals surface area (Å²) in [6.07, 6.45) is 9.89. The molecule has 9 aromatic rings. The van der Waals surface area contributed by atoms with Crippen molar-refractivity contribution in [3.63, 3.8) is 0 Å². The van der Waals surface area contributed by atoms with E-state index in [2.05, 4.69) is 146 Å². The molecule has 27 heteroatoms. The number of aromatic nitrogens is 3. The summed E-state index contributed by atoms with van der Waals surface area (Å²) in [5.41, 5.74) is -0.798. The summed E-state index contributed by atoms with van der Waals surface area (Å²) in [5, 5.41) is 74.7. The van der Waals surface area contributed by atoms with Crippen molar-refractivity contribution in [1.29, 1.82) is 0 Å². The number of morpholine rings is 3. The topological polar surface area (TPSA) is 262 Å². The average Bonchev–Trinajstić information content (AvgIpc) is 1.51. The van der Waals surface area contributed by atoms with Crippen molar-refractivity contribution in [2.45, 2.75) is 51.4 Å². The molecule has 3 saturated heterocycles. The van der Waals surface area contributed by atoms with Crippen LogP contribution in [0.4, 0.5) is 0 Å². The highest BCUT2D eigenvalue weighted by molar-refractivity contribution is 9.11. The number of aliphatic hydroxyl groups excluding tert-OH is 3. The van der Waals surface area contributed by atoms with Gasteiger partial charge in [-0.25, -0.2) is 0 Å². The minimum atomic E-state index is -1.50. The highest BCUT2D eigenvalue weighted by atomic mass is 79.9. The lowest BCUT2D eigenvalue weighted by atomic mass is 9.70. The van der Waals surface area contributed by atoms with E-state index < -0.39 is 33.6 Å². The molecule has 9 aliphatic rings. The smallest absolute Gasteiger partial charge is 0.174 e. The molecule has 15 atom stereocenters. The van der Waals surface area contributed by atoms with E-state index in [0.29, 0.717) is 110 Å². The molecule has 18 rings (SSSR count). The molecule has 0 amide bonds. The Morgan fingerprint density at radius 2 is 0.627 bits per heavy atom. The van der Waals surface area contributed by atoms with Crippen molar-refractivity contribution in [2.24, 2.45) is 35.5 Å². The van der Waals surface area contributed by atoms with Crippen LogP contribution in [-0.4, -0.2) is 224 Å². The van der Waals surface area contributed by atoms with E-state index in [-0.39, 0.29) is 73.1 Å². The third-order valence-corrected chi connectivity index (χ3v) is 28.0. The van der Waals surface area contributed by atoms with Crippen LogP contribution in [0.25, 0.3) is 0 Å². The van der Waals surface area contributed by atoms with Crippen molar-refractivity contribution in [1.82, 2.24) is 29.7 Å². The summed E-state index contributed by atoms with van der Waals surface area (Å²) >= 11 is 17.2. The summed E-state index contributed by atoms with van der Waals surface area (Å²) in [6.45, 7) is 11.6. The maximum atomic E-state index is 13.3. The van der Waals surface area contributed by atoms with Crippen molar-refractivity contribution in [2.75, 3.05) is 164 Å². The molecule has 0 spiro atoms. The van der Waals surface area contributed by atoms with Gasteiger partial charge in [-0.3, -0.25) is 29.7 Å². The summed E-state index contributed by atoms with van der Waals surface area (Å²) in [7, 11) is 4.76. The van der Waals surface area contributed by atoms with Crippen LogP contribution in [0.2, 0.25) is 0 Å². The second-order valence-electron chi connectivity index (χ2n) is 31.2. The molecule has 6 N–H and O–H groups in total. The summed E-state index contributed by atoms with van der Waals surface area (Å²) in [5.74, 6) is 0.0149. The predicted molar refractivity (Wildman–Crippen MR) is 463 cm³/mol. The Kier molecular flexibility index (Phi) is 27.6. The Balaban J connectivity index is 0.000000133. The quantitative estimate of drug-likeness (QED) is 0.0272. The van der Waals surface area contributed by atoms with Gasteiger partial charge >= 0.3 is 0 Å². The van der Waals surface area contributed by atoms with Crippen LogP contribution >= 0.6 is 79.6 Å². The Labute approximate surface area is 731 Å². The molecule has 0 bridgehead atoms. The van der Waals surface area contributed by atoms with Gasteiger partial charge in [-0.1, -0.05) is 207 Å². The normalized spacial score (nSPS) is 29.7. The number of fused-ring (bicyclic) bond motifs is 9. The standard InChI is InChI=1S/3C29H31BrN2O5.C4H8Br2O/c3*1-35-24-15-31-16-25-27(24)28(34)23(17-32-11-13-36-14-12-32)22(18-33)26(19-5-3-2-4-6-19)29(28,37-25)20-7-9-21(30)10-8-20;5-1-3-7-4-2-6/h3*2-10,15-16,22-23,26,33-34H,11-14,17-18H2,1H3;1-4H2/t3*22-,23-,26+,28+,29-;/m000./s1. The number of hydrogen-bond acceptors (Lipinski definition) is 22. The van der Waals surface area contributed by atoms with Crippen molar-refractivity contribution < 1.29 is 78.0 Å². The van der Waals surface area contributed by atoms with E-state index in [1.54, 1.807) is 58.5 Å². The lowest BCUT2D eigenvalue weighted by Crippen LogP contribution is -2.53. The number of aliphatic hydroxyl groups is 6. The van der Waals surface area contributed by atoms with E-state index in [9.17, 15) is 30.6 Å². The molecule has 9 heterocycles. The Bertz CT molecular complexity index is 4330. The third kappa shape index (κ3) is 15.2. The van der Waals surface area contributed by atoms with E-state index in [4.69, 9.17) is 47.4 Å². The highest BCUT2D eigenvalue weighted by Gasteiger charge is 2.80. The minimum absolute atomic E-state index is 0.0960. The lowest BCUT2D eigenvalue weighted by Gasteiger charge is -2.42. The molecule has 626 valence electrons. The first-order valence-corrected chi connectivity index (χ1v) is 44.8. The van der Waals surface area contributed by atoms with Gasteiger partial charge in [0.05, 0.1) is 128 Å². The number of halogens is 5. The van der Waals surface area contributed by atoms with Gasteiger partial charge in [-0.15, -0.1) is 0 Å². The number of ether oxygens (including phenoxy) is 10. The Hall–Kier alpha value is -6.55. The van der Waals surface area contributed by atoms with Gasteiger partial charge in [0.1, 0.15) is 51.3 Å².